The molecule has 1 aromatic carbocycles. The van der Waals surface area contributed by atoms with Crippen molar-refractivity contribution in [2.75, 3.05) is 7.11 Å². The Labute approximate surface area is 120 Å². The standard InChI is InChI=1S/C16H21ClO2/c1-19-16-9-8-13(11-14(16)17)15(18)10-12-6-4-2-3-5-7-12/h8-9,11-12H,2-7,10H2,1H3. The quantitative estimate of drug-likeness (QED) is 0.580. The molecule has 1 aromatic rings. The van der Waals surface area contributed by atoms with Crippen LogP contribution in [-0.4, -0.2) is 12.9 Å². The molecule has 0 aromatic heterocycles. The zero-order valence-corrected chi connectivity index (χ0v) is 12.2. The predicted octanol–water partition coefficient (Wildman–Crippen LogP) is 4.89. The first kappa shape index (κ1) is 14.4. The van der Waals surface area contributed by atoms with E-state index in [0.29, 0.717) is 28.7 Å². The van der Waals surface area contributed by atoms with E-state index in [-0.39, 0.29) is 5.78 Å². The molecule has 1 aliphatic rings. The molecule has 0 N–H and O–H groups in total. The molecule has 1 saturated carbocycles. The molecule has 0 atom stereocenters. The zero-order chi connectivity index (χ0) is 13.7. The number of rotatable bonds is 4. The number of methoxy groups -OCH3 is 1. The molecule has 0 unspecified atom stereocenters. The van der Waals surface area contributed by atoms with E-state index in [1.807, 2.05) is 6.07 Å². The number of carbonyl (C=O) groups excluding carboxylic acids is 1. The van der Waals surface area contributed by atoms with Gasteiger partial charge in [0, 0.05) is 12.0 Å². The van der Waals surface area contributed by atoms with Crippen molar-refractivity contribution in [1.82, 2.24) is 0 Å². The van der Waals surface area contributed by atoms with Crippen LogP contribution in [0.15, 0.2) is 18.2 Å². The van der Waals surface area contributed by atoms with Crippen LogP contribution >= 0.6 is 11.6 Å². The molecule has 1 aliphatic carbocycles. The molecule has 1 fully saturated rings. The highest BCUT2D eigenvalue weighted by Crippen LogP contribution is 2.29. The van der Waals surface area contributed by atoms with Crippen LogP contribution in [0.25, 0.3) is 0 Å². The maximum atomic E-state index is 12.3. The largest absolute Gasteiger partial charge is 0.495 e. The first-order valence-electron chi connectivity index (χ1n) is 7.07. The van der Waals surface area contributed by atoms with Crippen molar-refractivity contribution in [1.29, 1.82) is 0 Å². The van der Waals surface area contributed by atoms with Crippen molar-refractivity contribution in [3.63, 3.8) is 0 Å². The van der Waals surface area contributed by atoms with Gasteiger partial charge in [-0.3, -0.25) is 4.79 Å². The smallest absolute Gasteiger partial charge is 0.163 e. The molecule has 0 amide bonds. The molecule has 0 spiro atoms. The maximum Gasteiger partial charge on any atom is 0.163 e. The maximum absolute atomic E-state index is 12.3. The van der Waals surface area contributed by atoms with Gasteiger partial charge in [0.1, 0.15) is 5.75 Å². The SMILES string of the molecule is COc1ccc(C(=O)CC2CCCCCC2)cc1Cl. The van der Waals surface area contributed by atoms with E-state index in [1.54, 1.807) is 19.2 Å². The van der Waals surface area contributed by atoms with Gasteiger partial charge in [0.05, 0.1) is 12.1 Å². The van der Waals surface area contributed by atoms with Gasteiger partial charge in [-0.2, -0.15) is 0 Å². The second kappa shape index (κ2) is 6.95. The van der Waals surface area contributed by atoms with E-state index < -0.39 is 0 Å². The normalized spacial score (nSPS) is 16.9. The molecule has 0 radical (unpaired) electrons. The fourth-order valence-electron chi connectivity index (χ4n) is 2.79. The molecule has 0 saturated heterocycles. The Hall–Kier alpha value is -1.02. The molecular weight excluding hydrogens is 260 g/mol. The van der Waals surface area contributed by atoms with E-state index in [2.05, 4.69) is 0 Å². The summed E-state index contributed by atoms with van der Waals surface area (Å²) in [6.07, 6.45) is 8.20. The molecule has 2 rings (SSSR count). The minimum Gasteiger partial charge on any atom is -0.495 e. The van der Waals surface area contributed by atoms with Crippen molar-refractivity contribution in [2.24, 2.45) is 5.92 Å². The Morgan fingerprint density at radius 2 is 1.95 bits per heavy atom. The van der Waals surface area contributed by atoms with Crippen molar-refractivity contribution in [2.45, 2.75) is 44.9 Å². The number of benzene rings is 1. The lowest BCUT2D eigenvalue weighted by atomic mass is 9.92. The van der Waals surface area contributed by atoms with Crippen molar-refractivity contribution >= 4 is 17.4 Å². The zero-order valence-electron chi connectivity index (χ0n) is 11.5. The third-order valence-corrected chi connectivity index (χ3v) is 4.22. The van der Waals surface area contributed by atoms with Crippen LogP contribution in [0.5, 0.6) is 5.75 Å². The number of ether oxygens (including phenoxy) is 1. The van der Waals surface area contributed by atoms with Crippen LogP contribution in [0.1, 0.15) is 55.3 Å². The average molecular weight is 281 g/mol. The van der Waals surface area contributed by atoms with Gasteiger partial charge in [-0.15, -0.1) is 0 Å². The summed E-state index contributed by atoms with van der Waals surface area (Å²) in [4.78, 5) is 12.3. The third kappa shape index (κ3) is 3.97. The molecular formula is C16H21ClO2. The summed E-state index contributed by atoms with van der Waals surface area (Å²) in [7, 11) is 1.58. The van der Waals surface area contributed by atoms with E-state index in [4.69, 9.17) is 16.3 Å². The summed E-state index contributed by atoms with van der Waals surface area (Å²) in [6.45, 7) is 0. The van der Waals surface area contributed by atoms with Crippen molar-refractivity contribution in [3.8, 4) is 5.75 Å². The van der Waals surface area contributed by atoms with Gasteiger partial charge >= 0.3 is 0 Å². The van der Waals surface area contributed by atoms with Gasteiger partial charge < -0.3 is 4.74 Å². The van der Waals surface area contributed by atoms with Gasteiger partial charge in [0.2, 0.25) is 0 Å². The van der Waals surface area contributed by atoms with Gasteiger partial charge in [-0.25, -0.2) is 0 Å². The fourth-order valence-corrected chi connectivity index (χ4v) is 3.05. The lowest BCUT2D eigenvalue weighted by Gasteiger charge is -2.13. The molecule has 104 valence electrons. The van der Waals surface area contributed by atoms with Crippen LogP contribution in [0.3, 0.4) is 0 Å². The van der Waals surface area contributed by atoms with Gasteiger partial charge in [-0.05, 0) is 24.1 Å². The topological polar surface area (TPSA) is 26.3 Å². The van der Waals surface area contributed by atoms with E-state index in [0.717, 1.165) is 0 Å². The van der Waals surface area contributed by atoms with Gasteiger partial charge in [0.15, 0.2) is 5.78 Å². The number of ketones is 1. The number of hydrogen-bond donors (Lipinski definition) is 0. The number of halogens is 1. The number of Topliss-reactive ketones (excluding diaryl/α,β-unsaturated/α-hetero) is 1. The highest BCUT2D eigenvalue weighted by atomic mass is 35.5. The molecule has 2 nitrogen and oxygen atoms in total. The van der Waals surface area contributed by atoms with Crippen molar-refractivity contribution < 1.29 is 9.53 Å². The van der Waals surface area contributed by atoms with E-state index in [9.17, 15) is 4.79 Å². The Balaban J connectivity index is 2.00. The highest BCUT2D eigenvalue weighted by Gasteiger charge is 2.17. The summed E-state index contributed by atoms with van der Waals surface area (Å²) in [5.41, 5.74) is 0.704. The Morgan fingerprint density at radius 1 is 1.26 bits per heavy atom. The van der Waals surface area contributed by atoms with Crippen LogP contribution in [0, 0.1) is 5.92 Å². The third-order valence-electron chi connectivity index (χ3n) is 3.92. The summed E-state index contributed by atoms with van der Waals surface area (Å²) >= 11 is 6.07. The van der Waals surface area contributed by atoms with E-state index >= 15 is 0 Å². The summed E-state index contributed by atoms with van der Waals surface area (Å²) in [6, 6.07) is 5.30. The summed E-state index contributed by atoms with van der Waals surface area (Å²) in [5, 5.41) is 0.509. The molecule has 19 heavy (non-hydrogen) atoms. The minimum atomic E-state index is 0.205. The monoisotopic (exact) mass is 280 g/mol. The lowest BCUT2D eigenvalue weighted by molar-refractivity contribution is 0.0957. The highest BCUT2D eigenvalue weighted by molar-refractivity contribution is 6.32. The second-order valence-electron chi connectivity index (χ2n) is 5.33. The van der Waals surface area contributed by atoms with Crippen molar-refractivity contribution in [3.05, 3.63) is 28.8 Å². The minimum absolute atomic E-state index is 0.205. The first-order valence-corrected chi connectivity index (χ1v) is 7.45. The molecule has 0 bridgehead atoms. The summed E-state index contributed by atoms with van der Waals surface area (Å²) in [5.74, 6) is 1.38. The molecule has 3 heteroatoms. The van der Waals surface area contributed by atoms with Crippen LogP contribution in [-0.2, 0) is 0 Å². The number of hydrogen-bond acceptors (Lipinski definition) is 2. The van der Waals surface area contributed by atoms with E-state index in [1.165, 1.54) is 38.5 Å². The molecule has 0 aliphatic heterocycles. The van der Waals surface area contributed by atoms with Gasteiger partial charge in [0.25, 0.3) is 0 Å². The molecule has 0 heterocycles. The summed E-state index contributed by atoms with van der Waals surface area (Å²) < 4.78 is 5.10. The predicted molar refractivity (Wildman–Crippen MR) is 78.1 cm³/mol. The Bertz CT molecular complexity index is 434. The van der Waals surface area contributed by atoms with Crippen LogP contribution < -0.4 is 4.74 Å². The van der Waals surface area contributed by atoms with Crippen LogP contribution in [0.4, 0.5) is 0 Å². The lowest BCUT2D eigenvalue weighted by Crippen LogP contribution is -2.08. The Kier molecular flexibility index (Phi) is 5.26. The Morgan fingerprint density at radius 3 is 2.53 bits per heavy atom. The fraction of sp³-hybridized carbons (Fsp3) is 0.562. The van der Waals surface area contributed by atoms with Crippen LogP contribution in [0.2, 0.25) is 5.02 Å². The van der Waals surface area contributed by atoms with Gasteiger partial charge in [-0.1, -0.05) is 50.1 Å². The first-order chi connectivity index (χ1) is 9.20. The second-order valence-corrected chi connectivity index (χ2v) is 5.74. The average Bonchev–Trinajstić information content (AvgIpc) is 2.67. The number of carbonyl (C=O) groups is 1.